The number of ether oxygens (including phenoxy) is 1. The molecule has 0 aliphatic heterocycles. The summed E-state index contributed by atoms with van der Waals surface area (Å²) in [7, 11) is 0. The van der Waals surface area contributed by atoms with Crippen LogP contribution in [-0.4, -0.2) is 11.2 Å². The quantitative estimate of drug-likeness (QED) is 0.475. The molecule has 21 heavy (non-hydrogen) atoms. The Kier molecular flexibility index (Phi) is 4.23. The zero-order valence-corrected chi connectivity index (χ0v) is 12.2. The van der Waals surface area contributed by atoms with Gasteiger partial charge in [0.2, 0.25) is 0 Å². The molecular formula is C15H12ClNO4. The third-order valence-electron chi connectivity index (χ3n) is 3.01. The van der Waals surface area contributed by atoms with E-state index in [9.17, 15) is 14.9 Å². The van der Waals surface area contributed by atoms with Crippen molar-refractivity contribution in [3.05, 3.63) is 62.2 Å². The van der Waals surface area contributed by atoms with Gasteiger partial charge in [0.1, 0.15) is 11.5 Å². The molecule has 0 radical (unpaired) electrons. The minimum absolute atomic E-state index is 0.0292. The van der Waals surface area contributed by atoms with Gasteiger partial charge >= 0.3 is 0 Å². The fraction of sp³-hybridized carbons (Fsp3) is 0.133. The highest BCUT2D eigenvalue weighted by Crippen LogP contribution is 2.33. The fourth-order valence-corrected chi connectivity index (χ4v) is 2.06. The normalized spacial score (nSPS) is 10.2. The average molecular weight is 306 g/mol. The average Bonchev–Trinajstić information content (AvgIpc) is 2.42. The summed E-state index contributed by atoms with van der Waals surface area (Å²) in [4.78, 5) is 21.5. The highest BCUT2D eigenvalue weighted by atomic mass is 35.5. The van der Waals surface area contributed by atoms with Crippen molar-refractivity contribution < 1.29 is 14.5 Å². The molecule has 0 aromatic heterocycles. The SMILES string of the molecule is Cc1cc([N+](=O)[O-])c(C)cc1Oc1cc(Cl)ccc1C=O. The summed E-state index contributed by atoms with van der Waals surface area (Å²) in [6.07, 6.45) is 0.666. The van der Waals surface area contributed by atoms with E-state index in [1.165, 1.54) is 12.1 Å². The van der Waals surface area contributed by atoms with Crippen LogP contribution in [0.3, 0.4) is 0 Å². The molecule has 0 aliphatic rings. The minimum Gasteiger partial charge on any atom is -0.456 e. The minimum atomic E-state index is -0.442. The summed E-state index contributed by atoms with van der Waals surface area (Å²) in [5.41, 5.74) is 1.47. The van der Waals surface area contributed by atoms with Crippen LogP contribution >= 0.6 is 11.6 Å². The van der Waals surface area contributed by atoms with E-state index in [0.717, 1.165) is 0 Å². The Balaban J connectivity index is 2.45. The van der Waals surface area contributed by atoms with Crippen LogP contribution < -0.4 is 4.74 Å². The summed E-state index contributed by atoms with van der Waals surface area (Å²) in [5.74, 6) is 0.761. The van der Waals surface area contributed by atoms with Gasteiger partial charge in [0.25, 0.3) is 5.69 Å². The maximum Gasteiger partial charge on any atom is 0.272 e. The van der Waals surface area contributed by atoms with E-state index in [4.69, 9.17) is 16.3 Å². The second-order valence-corrected chi connectivity index (χ2v) is 5.00. The monoisotopic (exact) mass is 305 g/mol. The number of nitro benzene ring substituents is 1. The van der Waals surface area contributed by atoms with Crippen LogP contribution in [0.4, 0.5) is 5.69 Å². The molecule has 0 heterocycles. The van der Waals surface area contributed by atoms with Crippen molar-refractivity contribution in [2.75, 3.05) is 0 Å². The van der Waals surface area contributed by atoms with E-state index in [1.807, 2.05) is 0 Å². The Labute approximate surface area is 126 Å². The van der Waals surface area contributed by atoms with E-state index in [2.05, 4.69) is 0 Å². The molecule has 0 spiro atoms. The molecule has 2 aromatic rings. The molecule has 6 heteroatoms. The first kappa shape index (κ1) is 15.0. The first-order chi connectivity index (χ1) is 9.92. The number of carbonyl (C=O) groups excluding carboxylic acids is 1. The zero-order chi connectivity index (χ0) is 15.6. The van der Waals surface area contributed by atoms with Gasteiger partial charge in [-0.25, -0.2) is 0 Å². The third kappa shape index (κ3) is 3.20. The number of hydrogen-bond donors (Lipinski definition) is 0. The van der Waals surface area contributed by atoms with Crippen molar-refractivity contribution in [1.29, 1.82) is 0 Å². The van der Waals surface area contributed by atoms with Crippen LogP contribution in [0.5, 0.6) is 11.5 Å². The van der Waals surface area contributed by atoms with Gasteiger partial charge in [0.05, 0.1) is 10.5 Å². The van der Waals surface area contributed by atoms with E-state index in [0.29, 0.717) is 39.5 Å². The molecule has 5 nitrogen and oxygen atoms in total. The van der Waals surface area contributed by atoms with Crippen molar-refractivity contribution in [3.63, 3.8) is 0 Å². The zero-order valence-electron chi connectivity index (χ0n) is 11.4. The number of rotatable bonds is 4. The Morgan fingerprint density at radius 2 is 1.86 bits per heavy atom. The number of carbonyl (C=O) groups is 1. The van der Waals surface area contributed by atoms with Crippen LogP contribution in [0.25, 0.3) is 0 Å². The van der Waals surface area contributed by atoms with Crippen LogP contribution in [-0.2, 0) is 0 Å². The number of hydrogen-bond acceptors (Lipinski definition) is 4. The van der Waals surface area contributed by atoms with Gasteiger partial charge in [-0.1, -0.05) is 11.6 Å². The first-order valence-corrected chi connectivity index (χ1v) is 6.48. The Hall–Kier alpha value is -2.40. The second kappa shape index (κ2) is 5.93. The van der Waals surface area contributed by atoms with Crippen molar-refractivity contribution in [3.8, 4) is 11.5 Å². The van der Waals surface area contributed by atoms with Gasteiger partial charge in [-0.2, -0.15) is 0 Å². The van der Waals surface area contributed by atoms with Gasteiger partial charge in [0, 0.05) is 22.7 Å². The smallest absolute Gasteiger partial charge is 0.272 e. The molecule has 2 aromatic carbocycles. The highest BCUT2D eigenvalue weighted by molar-refractivity contribution is 6.30. The van der Waals surface area contributed by atoms with E-state index >= 15 is 0 Å². The standard InChI is InChI=1S/C15H12ClNO4/c1-9-6-14(10(2)5-13(9)17(19)20)21-15-7-12(16)4-3-11(15)8-18/h3-8H,1-2H3. The number of halogens is 1. The highest BCUT2D eigenvalue weighted by Gasteiger charge is 2.15. The molecule has 0 amide bonds. The summed E-state index contributed by atoms with van der Waals surface area (Å²) >= 11 is 5.89. The van der Waals surface area contributed by atoms with Crippen LogP contribution in [0.2, 0.25) is 5.02 Å². The van der Waals surface area contributed by atoms with Crippen LogP contribution in [0.15, 0.2) is 30.3 Å². The van der Waals surface area contributed by atoms with Gasteiger partial charge in [-0.05, 0) is 37.6 Å². The van der Waals surface area contributed by atoms with Crippen molar-refractivity contribution in [1.82, 2.24) is 0 Å². The Morgan fingerprint density at radius 1 is 1.14 bits per heavy atom. The number of nitro groups is 1. The number of aldehydes is 1. The molecule has 0 unspecified atom stereocenters. The van der Waals surface area contributed by atoms with Crippen molar-refractivity contribution in [2.24, 2.45) is 0 Å². The first-order valence-electron chi connectivity index (χ1n) is 6.10. The topological polar surface area (TPSA) is 69.4 Å². The van der Waals surface area contributed by atoms with Crippen LogP contribution in [0, 0.1) is 24.0 Å². The second-order valence-electron chi connectivity index (χ2n) is 4.56. The van der Waals surface area contributed by atoms with Gasteiger partial charge in [-0.3, -0.25) is 14.9 Å². The molecule has 0 N–H and O–H groups in total. The molecule has 0 fully saturated rings. The van der Waals surface area contributed by atoms with Gasteiger partial charge in [0.15, 0.2) is 6.29 Å². The predicted octanol–water partition coefficient (Wildman–Crippen LogP) is 4.47. The lowest BCUT2D eigenvalue weighted by atomic mass is 10.1. The van der Waals surface area contributed by atoms with Gasteiger partial charge in [-0.15, -0.1) is 0 Å². The van der Waals surface area contributed by atoms with Crippen molar-refractivity contribution >= 4 is 23.6 Å². The van der Waals surface area contributed by atoms with Gasteiger partial charge < -0.3 is 4.74 Å². The number of aryl methyl sites for hydroxylation is 2. The van der Waals surface area contributed by atoms with Crippen LogP contribution in [0.1, 0.15) is 21.5 Å². The molecule has 0 atom stereocenters. The molecular weight excluding hydrogens is 294 g/mol. The molecule has 0 aliphatic carbocycles. The van der Waals surface area contributed by atoms with E-state index < -0.39 is 4.92 Å². The van der Waals surface area contributed by atoms with Crippen molar-refractivity contribution in [2.45, 2.75) is 13.8 Å². The molecule has 108 valence electrons. The maximum atomic E-state index is 11.0. The Morgan fingerprint density at radius 3 is 2.48 bits per heavy atom. The number of nitrogens with zero attached hydrogens (tertiary/aromatic N) is 1. The fourth-order valence-electron chi connectivity index (χ4n) is 1.89. The largest absolute Gasteiger partial charge is 0.456 e. The maximum absolute atomic E-state index is 11.0. The van der Waals surface area contributed by atoms with E-state index in [-0.39, 0.29) is 5.69 Å². The molecule has 0 saturated carbocycles. The summed E-state index contributed by atoms with van der Waals surface area (Å²) in [6, 6.07) is 7.69. The Bertz CT molecular complexity index is 728. The predicted molar refractivity (Wildman–Crippen MR) is 79.5 cm³/mol. The lowest BCUT2D eigenvalue weighted by molar-refractivity contribution is -0.385. The summed E-state index contributed by atoms with van der Waals surface area (Å²) in [5, 5.41) is 11.3. The lowest BCUT2D eigenvalue weighted by Gasteiger charge is -2.12. The summed E-state index contributed by atoms with van der Waals surface area (Å²) < 4.78 is 5.69. The molecule has 0 bridgehead atoms. The molecule has 2 rings (SSSR count). The third-order valence-corrected chi connectivity index (χ3v) is 3.25. The molecule has 0 saturated heterocycles. The lowest BCUT2D eigenvalue weighted by Crippen LogP contribution is -1.96. The summed E-state index contributed by atoms with van der Waals surface area (Å²) in [6.45, 7) is 3.33. The number of benzene rings is 2. The van der Waals surface area contributed by atoms with E-state index in [1.54, 1.807) is 32.0 Å².